The van der Waals surface area contributed by atoms with E-state index < -0.39 is 17.2 Å². The maximum atomic E-state index is 12.9. The summed E-state index contributed by atoms with van der Waals surface area (Å²) in [6.07, 6.45) is 1.67. The number of pyridine rings is 1. The van der Waals surface area contributed by atoms with Gasteiger partial charge in [-0.1, -0.05) is 30.3 Å². The summed E-state index contributed by atoms with van der Waals surface area (Å²) < 4.78 is 5.53. The summed E-state index contributed by atoms with van der Waals surface area (Å²) in [6.45, 7) is 5.51. The van der Waals surface area contributed by atoms with Crippen LogP contribution in [0.3, 0.4) is 0 Å². The van der Waals surface area contributed by atoms with Crippen LogP contribution in [-0.2, 0) is 9.59 Å². The van der Waals surface area contributed by atoms with Gasteiger partial charge in [0, 0.05) is 11.6 Å². The lowest BCUT2D eigenvalue weighted by Crippen LogP contribution is -2.41. The zero-order valence-electron chi connectivity index (χ0n) is 16.2. The molecule has 0 aliphatic rings. The van der Waals surface area contributed by atoms with Crippen LogP contribution in [0.5, 0.6) is 5.75 Å². The number of hydrogen-bond donors (Lipinski definition) is 2. The lowest BCUT2D eigenvalue weighted by atomic mass is 9.90. The van der Waals surface area contributed by atoms with Crippen LogP contribution < -0.4 is 15.4 Å². The van der Waals surface area contributed by atoms with Gasteiger partial charge in [0.2, 0.25) is 11.8 Å². The average Bonchev–Trinajstić information content (AvgIpc) is 2.70. The first-order valence-corrected chi connectivity index (χ1v) is 9.12. The molecule has 0 saturated carbocycles. The molecular weight excluding hydrogens is 354 g/mol. The second kappa shape index (κ2) is 8.08. The van der Waals surface area contributed by atoms with Gasteiger partial charge in [0.15, 0.2) is 0 Å². The molecule has 0 aliphatic heterocycles. The number of para-hydroxylation sites is 3. The SMILES string of the molecule is CCOc1ccccc1NC(=O)C(C)(C)C(=O)Nc1cccc2cccnc12. The standard InChI is InChI=1S/C22H23N3O3/c1-4-28-18-13-6-5-11-16(18)24-20(26)22(2,3)21(27)25-17-12-7-9-15-10-8-14-23-19(15)17/h5-14H,4H2,1-3H3,(H,24,26)(H,25,27). The number of nitrogens with one attached hydrogen (secondary N) is 2. The first-order valence-electron chi connectivity index (χ1n) is 9.12. The normalized spacial score (nSPS) is 11.1. The van der Waals surface area contributed by atoms with Crippen molar-refractivity contribution in [1.82, 2.24) is 4.98 Å². The van der Waals surface area contributed by atoms with E-state index in [2.05, 4.69) is 15.6 Å². The van der Waals surface area contributed by atoms with E-state index in [0.29, 0.717) is 29.2 Å². The molecular formula is C22H23N3O3. The molecule has 1 aromatic heterocycles. The molecule has 6 heteroatoms. The molecule has 0 bridgehead atoms. The quantitative estimate of drug-likeness (QED) is 0.630. The molecule has 3 rings (SSSR count). The van der Waals surface area contributed by atoms with E-state index in [1.165, 1.54) is 0 Å². The van der Waals surface area contributed by atoms with Crippen LogP contribution >= 0.6 is 0 Å². The Kier molecular flexibility index (Phi) is 5.59. The van der Waals surface area contributed by atoms with E-state index in [-0.39, 0.29) is 0 Å². The fraction of sp³-hybridized carbons (Fsp3) is 0.227. The summed E-state index contributed by atoms with van der Waals surface area (Å²) in [5.74, 6) is -0.282. The molecule has 2 N–H and O–H groups in total. The Labute approximate surface area is 163 Å². The highest BCUT2D eigenvalue weighted by molar-refractivity contribution is 6.15. The molecule has 2 aromatic carbocycles. The van der Waals surface area contributed by atoms with Crippen molar-refractivity contribution < 1.29 is 14.3 Å². The predicted octanol–water partition coefficient (Wildman–Crippen LogP) is 4.24. The minimum absolute atomic E-state index is 0.419. The minimum atomic E-state index is -1.31. The highest BCUT2D eigenvalue weighted by Crippen LogP contribution is 2.28. The van der Waals surface area contributed by atoms with Crippen LogP contribution in [0.15, 0.2) is 60.8 Å². The Balaban J connectivity index is 1.80. The lowest BCUT2D eigenvalue weighted by Gasteiger charge is -2.23. The fourth-order valence-corrected chi connectivity index (χ4v) is 2.72. The third kappa shape index (κ3) is 3.96. The molecule has 0 unspecified atom stereocenters. The number of carbonyl (C=O) groups excluding carboxylic acids is 2. The largest absolute Gasteiger partial charge is 0.492 e. The van der Waals surface area contributed by atoms with Gasteiger partial charge in [-0.15, -0.1) is 0 Å². The van der Waals surface area contributed by atoms with Crippen LogP contribution in [0, 0.1) is 5.41 Å². The molecule has 0 radical (unpaired) electrons. The predicted molar refractivity (Wildman–Crippen MR) is 110 cm³/mol. The van der Waals surface area contributed by atoms with Gasteiger partial charge in [0.05, 0.1) is 23.5 Å². The Bertz CT molecular complexity index is 1010. The molecule has 144 valence electrons. The van der Waals surface area contributed by atoms with Gasteiger partial charge >= 0.3 is 0 Å². The van der Waals surface area contributed by atoms with Crippen LogP contribution in [0.4, 0.5) is 11.4 Å². The number of nitrogens with zero attached hydrogens (tertiary/aromatic N) is 1. The van der Waals surface area contributed by atoms with E-state index in [4.69, 9.17) is 4.74 Å². The van der Waals surface area contributed by atoms with Crippen LogP contribution in [0.25, 0.3) is 10.9 Å². The van der Waals surface area contributed by atoms with E-state index in [0.717, 1.165) is 5.39 Å². The van der Waals surface area contributed by atoms with Crippen LogP contribution in [0.2, 0.25) is 0 Å². The van der Waals surface area contributed by atoms with E-state index in [1.807, 2.05) is 37.3 Å². The number of hydrogen-bond acceptors (Lipinski definition) is 4. The van der Waals surface area contributed by atoms with E-state index >= 15 is 0 Å². The highest BCUT2D eigenvalue weighted by atomic mass is 16.5. The van der Waals surface area contributed by atoms with Crippen molar-refractivity contribution in [3.8, 4) is 5.75 Å². The van der Waals surface area contributed by atoms with Crippen molar-refractivity contribution in [3.05, 3.63) is 60.8 Å². The number of rotatable bonds is 6. The molecule has 6 nitrogen and oxygen atoms in total. The number of ether oxygens (including phenoxy) is 1. The first-order chi connectivity index (χ1) is 13.4. The fourth-order valence-electron chi connectivity index (χ4n) is 2.72. The number of aromatic nitrogens is 1. The second-order valence-corrected chi connectivity index (χ2v) is 6.84. The zero-order chi connectivity index (χ0) is 20.1. The molecule has 0 atom stereocenters. The molecule has 0 spiro atoms. The van der Waals surface area contributed by atoms with Crippen LogP contribution in [-0.4, -0.2) is 23.4 Å². The summed E-state index contributed by atoms with van der Waals surface area (Å²) in [7, 11) is 0. The molecule has 1 heterocycles. The molecule has 0 aliphatic carbocycles. The van der Waals surface area contributed by atoms with E-state index in [1.54, 1.807) is 44.3 Å². The lowest BCUT2D eigenvalue weighted by molar-refractivity contribution is -0.135. The van der Waals surface area contributed by atoms with Gasteiger partial charge in [-0.3, -0.25) is 14.6 Å². The van der Waals surface area contributed by atoms with Gasteiger partial charge in [-0.2, -0.15) is 0 Å². The van der Waals surface area contributed by atoms with Crippen molar-refractivity contribution in [1.29, 1.82) is 0 Å². The third-order valence-corrected chi connectivity index (χ3v) is 4.45. The smallest absolute Gasteiger partial charge is 0.239 e. The number of fused-ring (bicyclic) bond motifs is 1. The van der Waals surface area contributed by atoms with Gasteiger partial charge in [0.1, 0.15) is 11.2 Å². The minimum Gasteiger partial charge on any atom is -0.492 e. The van der Waals surface area contributed by atoms with Crippen molar-refractivity contribution in [2.24, 2.45) is 5.41 Å². The van der Waals surface area contributed by atoms with Crippen molar-refractivity contribution >= 4 is 34.1 Å². The van der Waals surface area contributed by atoms with Gasteiger partial charge in [-0.25, -0.2) is 0 Å². The maximum Gasteiger partial charge on any atom is 0.239 e. The maximum absolute atomic E-state index is 12.9. The van der Waals surface area contributed by atoms with Gasteiger partial charge in [0.25, 0.3) is 0 Å². The van der Waals surface area contributed by atoms with E-state index in [9.17, 15) is 9.59 Å². The monoisotopic (exact) mass is 377 g/mol. The third-order valence-electron chi connectivity index (χ3n) is 4.45. The first kappa shape index (κ1) is 19.4. The Morgan fingerprint density at radius 2 is 1.57 bits per heavy atom. The Morgan fingerprint density at radius 1 is 0.929 bits per heavy atom. The van der Waals surface area contributed by atoms with Crippen molar-refractivity contribution in [2.45, 2.75) is 20.8 Å². The summed E-state index contributed by atoms with van der Waals surface area (Å²) in [5, 5.41) is 6.55. The summed E-state index contributed by atoms with van der Waals surface area (Å²) in [6, 6.07) is 16.4. The number of amides is 2. The number of carbonyl (C=O) groups is 2. The summed E-state index contributed by atoms with van der Waals surface area (Å²) in [5.41, 5.74) is 0.466. The molecule has 2 amide bonds. The van der Waals surface area contributed by atoms with Gasteiger partial charge in [-0.05, 0) is 45.0 Å². The topological polar surface area (TPSA) is 80.3 Å². The molecule has 0 saturated heterocycles. The average molecular weight is 377 g/mol. The van der Waals surface area contributed by atoms with Crippen molar-refractivity contribution in [2.75, 3.05) is 17.2 Å². The van der Waals surface area contributed by atoms with Crippen LogP contribution in [0.1, 0.15) is 20.8 Å². The van der Waals surface area contributed by atoms with Gasteiger partial charge < -0.3 is 15.4 Å². The number of benzene rings is 2. The zero-order valence-corrected chi connectivity index (χ0v) is 16.2. The highest BCUT2D eigenvalue weighted by Gasteiger charge is 2.36. The molecule has 3 aromatic rings. The Hall–Kier alpha value is -3.41. The summed E-state index contributed by atoms with van der Waals surface area (Å²) in [4.78, 5) is 30.1. The van der Waals surface area contributed by atoms with Crippen molar-refractivity contribution in [3.63, 3.8) is 0 Å². The number of anilines is 2. The Morgan fingerprint density at radius 3 is 2.32 bits per heavy atom. The second-order valence-electron chi connectivity index (χ2n) is 6.84. The molecule has 0 fully saturated rings. The summed E-state index contributed by atoms with van der Waals surface area (Å²) >= 11 is 0. The molecule has 28 heavy (non-hydrogen) atoms.